The van der Waals surface area contributed by atoms with Gasteiger partial charge in [-0.3, -0.25) is 0 Å². The van der Waals surface area contributed by atoms with Gasteiger partial charge in [-0.05, 0) is 45.7 Å². The summed E-state index contributed by atoms with van der Waals surface area (Å²) in [6.45, 7) is 6.82. The predicted molar refractivity (Wildman–Crippen MR) is 83.2 cm³/mol. The van der Waals surface area contributed by atoms with E-state index in [0.717, 1.165) is 18.5 Å². The Balaban J connectivity index is 1.91. The molecule has 2 heterocycles. The molecule has 0 bridgehead atoms. The number of carbonyl (C=O) groups excluding carboxylic acids is 2. The molecular formula is C16H23N3O4. The van der Waals surface area contributed by atoms with Crippen LogP contribution in [-0.4, -0.2) is 53.0 Å². The van der Waals surface area contributed by atoms with E-state index in [2.05, 4.69) is 14.9 Å². The molecule has 2 rings (SSSR count). The Morgan fingerprint density at radius 2 is 1.83 bits per heavy atom. The van der Waals surface area contributed by atoms with Gasteiger partial charge in [0.25, 0.3) is 0 Å². The molecule has 1 amide bonds. The molecule has 7 nitrogen and oxygen atoms in total. The lowest BCUT2D eigenvalue weighted by Gasteiger charge is -2.33. The number of methoxy groups -OCH3 is 1. The lowest BCUT2D eigenvalue weighted by atomic mass is 9.93. The molecule has 0 radical (unpaired) electrons. The van der Waals surface area contributed by atoms with Crippen LogP contribution in [0.1, 0.15) is 55.7 Å². The van der Waals surface area contributed by atoms with E-state index < -0.39 is 11.6 Å². The number of hydrogen-bond acceptors (Lipinski definition) is 6. The minimum absolute atomic E-state index is 0.197. The predicted octanol–water partition coefficient (Wildman–Crippen LogP) is 2.38. The summed E-state index contributed by atoms with van der Waals surface area (Å²) in [5.74, 6) is -0.267. The lowest BCUT2D eigenvalue weighted by molar-refractivity contribution is 0.0203. The third-order valence-corrected chi connectivity index (χ3v) is 3.64. The summed E-state index contributed by atoms with van der Waals surface area (Å²) in [7, 11) is 1.31. The van der Waals surface area contributed by atoms with Crippen LogP contribution in [0.2, 0.25) is 0 Å². The Labute approximate surface area is 136 Å². The van der Waals surface area contributed by atoms with E-state index in [-0.39, 0.29) is 17.7 Å². The van der Waals surface area contributed by atoms with Crippen LogP contribution in [0.4, 0.5) is 4.79 Å². The van der Waals surface area contributed by atoms with Gasteiger partial charge in [0.15, 0.2) is 5.69 Å². The van der Waals surface area contributed by atoms with Crippen LogP contribution in [0.5, 0.6) is 0 Å². The number of amides is 1. The van der Waals surface area contributed by atoms with Gasteiger partial charge in [-0.15, -0.1) is 5.10 Å². The van der Waals surface area contributed by atoms with Crippen molar-refractivity contribution in [3.63, 3.8) is 0 Å². The molecule has 0 unspecified atom stereocenters. The van der Waals surface area contributed by atoms with Gasteiger partial charge in [0.1, 0.15) is 5.60 Å². The van der Waals surface area contributed by atoms with Crippen LogP contribution in [0.25, 0.3) is 0 Å². The van der Waals surface area contributed by atoms with E-state index >= 15 is 0 Å². The van der Waals surface area contributed by atoms with E-state index in [1.807, 2.05) is 20.8 Å². The van der Waals surface area contributed by atoms with Crippen LogP contribution >= 0.6 is 0 Å². The summed E-state index contributed by atoms with van der Waals surface area (Å²) in [6, 6.07) is 3.42. The van der Waals surface area contributed by atoms with E-state index in [9.17, 15) is 9.59 Å². The lowest BCUT2D eigenvalue weighted by Crippen LogP contribution is -2.41. The minimum Gasteiger partial charge on any atom is -0.464 e. The van der Waals surface area contributed by atoms with Crippen molar-refractivity contribution in [2.75, 3.05) is 20.2 Å². The van der Waals surface area contributed by atoms with Gasteiger partial charge in [-0.1, -0.05) is 0 Å². The highest BCUT2D eigenvalue weighted by atomic mass is 16.6. The average Bonchev–Trinajstić information content (AvgIpc) is 2.53. The normalized spacial score (nSPS) is 16.1. The van der Waals surface area contributed by atoms with E-state index in [1.54, 1.807) is 17.0 Å². The van der Waals surface area contributed by atoms with Crippen molar-refractivity contribution in [1.82, 2.24) is 15.1 Å². The molecular weight excluding hydrogens is 298 g/mol. The Kier molecular flexibility index (Phi) is 5.18. The van der Waals surface area contributed by atoms with Gasteiger partial charge >= 0.3 is 12.1 Å². The summed E-state index contributed by atoms with van der Waals surface area (Å²) in [5.41, 5.74) is 0.548. The van der Waals surface area contributed by atoms with E-state index in [1.165, 1.54) is 7.11 Å². The Morgan fingerprint density at radius 3 is 2.30 bits per heavy atom. The molecule has 1 fully saturated rings. The third kappa shape index (κ3) is 4.64. The van der Waals surface area contributed by atoms with Gasteiger partial charge < -0.3 is 14.4 Å². The summed E-state index contributed by atoms with van der Waals surface area (Å²) in [4.78, 5) is 25.1. The summed E-state index contributed by atoms with van der Waals surface area (Å²) in [6.07, 6.45) is 1.32. The summed E-state index contributed by atoms with van der Waals surface area (Å²) in [5, 5.41) is 8.01. The van der Waals surface area contributed by atoms with Crippen molar-refractivity contribution in [3.8, 4) is 0 Å². The second-order valence-corrected chi connectivity index (χ2v) is 6.58. The molecule has 0 saturated carbocycles. The van der Waals surface area contributed by atoms with Crippen molar-refractivity contribution in [1.29, 1.82) is 0 Å². The standard InChI is InChI=1S/C16H23N3O4/c1-16(2,3)23-15(21)19-9-7-11(8-10-19)12-5-6-13(18-17-12)14(20)22-4/h5-6,11H,7-10H2,1-4H3. The van der Waals surface area contributed by atoms with Crippen LogP contribution in [0.15, 0.2) is 12.1 Å². The zero-order valence-electron chi connectivity index (χ0n) is 14.0. The largest absolute Gasteiger partial charge is 0.464 e. The number of carbonyl (C=O) groups is 2. The fraction of sp³-hybridized carbons (Fsp3) is 0.625. The van der Waals surface area contributed by atoms with Crippen molar-refractivity contribution in [2.24, 2.45) is 0 Å². The first kappa shape index (κ1) is 17.2. The number of piperidine rings is 1. The van der Waals surface area contributed by atoms with Crippen molar-refractivity contribution >= 4 is 12.1 Å². The zero-order valence-corrected chi connectivity index (χ0v) is 14.0. The van der Waals surface area contributed by atoms with Gasteiger partial charge in [-0.2, -0.15) is 5.10 Å². The summed E-state index contributed by atoms with van der Waals surface area (Å²) >= 11 is 0. The topological polar surface area (TPSA) is 81.6 Å². The maximum Gasteiger partial charge on any atom is 0.410 e. The quantitative estimate of drug-likeness (QED) is 0.778. The number of esters is 1. The molecule has 1 aliphatic heterocycles. The summed E-state index contributed by atoms with van der Waals surface area (Å²) < 4.78 is 9.98. The highest BCUT2D eigenvalue weighted by Gasteiger charge is 2.28. The first-order valence-electron chi connectivity index (χ1n) is 7.70. The maximum absolute atomic E-state index is 12.0. The Bertz CT molecular complexity index is 558. The van der Waals surface area contributed by atoms with Crippen LogP contribution in [-0.2, 0) is 9.47 Å². The second kappa shape index (κ2) is 6.93. The molecule has 7 heteroatoms. The molecule has 126 valence electrons. The zero-order chi connectivity index (χ0) is 17.0. The minimum atomic E-state index is -0.496. The smallest absolute Gasteiger partial charge is 0.410 e. The number of hydrogen-bond donors (Lipinski definition) is 0. The molecule has 23 heavy (non-hydrogen) atoms. The molecule has 1 aromatic rings. The fourth-order valence-corrected chi connectivity index (χ4v) is 2.46. The average molecular weight is 321 g/mol. The van der Waals surface area contributed by atoms with Gasteiger partial charge in [0, 0.05) is 19.0 Å². The van der Waals surface area contributed by atoms with Crippen LogP contribution in [0, 0.1) is 0 Å². The molecule has 0 spiro atoms. The van der Waals surface area contributed by atoms with Crippen LogP contribution < -0.4 is 0 Å². The monoisotopic (exact) mass is 321 g/mol. The molecule has 1 saturated heterocycles. The highest BCUT2D eigenvalue weighted by Crippen LogP contribution is 2.27. The van der Waals surface area contributed by atoms with Gasteiger partial charge in [-0.25, -0.2) is 9.59 Å². The third-order valence-electron chi connectivity index (χ3n) is 3.64. The SMILES string of the molecule is COC(=O)c1ccc(C2CCN(C(=O)OC(C)(C)C)CC2)nn1. The van der Waals surface area contributed by atoms with Gasteiger partial charge in [0.05, 0.1) is 12.8 Å². The number of aromatic nitrogens is 2. The van der Waals surface area contributed by atoms with E-state index in [4.69, 9.17) is 4.74 Å². The Morgan fingerprint density at radius 1 is 1.17 bits per heavy atom. The highest BCUT2D eigenvalue weighted by molar-refractivity contribution is 5.86. The van der Waals surface area contributed by atoms with Crippen LogP contribution in [0.3, 0.4) is 0 Å². The molecule has 0 aliphatic carbocycles. The van der Waals surface area contributed by atoms with Crippen molar-refractivity contribution < 1.29 is 19.1 Å². The number of nitrogens with zero attached hydrogens (tertiary/aromatic N) is 3. The number of rotatable bonds is 2. The number of likely N-dealkylation sites (tertiary alicyclic amines) is 1. The molecule has 0 aromatic carbocycles. The molecule has 0 atom stereocenters. The Hall–Kier alpha value is -2.18. The molecule has 0 N–H and O–H groups in total. The van der Waals surface area contributed by atoms with Gasteiger partial charge in [0.2, 0.25) is 0 Å². The van der Waals surface area contributed by atoms with Crippen molar-refractivity contribution in [2.45, 2.75) is 45.1 Å². The maximum atomic E-state index is 12.0. The second-order valence-electron chi connectivity index (χ2n) is 6.58. The molecule has 1 aliphatic rings. The molecule has 1 aromatic heterocycles. The first-order valence-corrected chi connectivity index (χ1v) is 7.70. The fourth-order valence-electron chi connectivity index (χ4n) is 2.46. The van der Waals surface area contributed by atoms with Crippen molar-refractivity contribution in [3.05, 3.63) is 23.5 Å². The first-order chi connectivity index (χ1) is 10.8. The number of ether oxygens (including phenoxy) is 2. The van der Waals surface area contributed by atoms with E-state index in [0.29, 0.717) is 13.1 Å².